The van der Waals surface area contributed by atoms with E-state index >= 15 is 0 Å². The van der Waals surface area contributed by atoms with Gasteiger partial charge in [-0.1, -0.05) is 6.08 Å². The number of hydrogen-bond acceptors (Lipinski definition) is 3. The maximum atomic E-state index is 13.3. The summed E-state index contributed by atoms with van der Waals surface area (Å²) in [6, 6.07) is 0.677. The number of carbonyl (C=O) groups is 1. The summed E-state index contributed by atoms with van der Waals surface area (Å²) < 4.78 is 39.9. The first-order valence-corrected chi connectivity index (χ1v) is 6.90. The van der Waals surface area contributed by atoms with Crippen molar-refractivity contribution in [1.82, 2.24) is 15.5 Å². The van der Waals surface area contributed by atoms with Gasteiger partial charge in [-0.2, -0.15) is 13.2 Å². The monoisotopic (exact) mass is 323 g/mol. The number of nitrogens with zero attached hydrogens (tertiary/aromatic N) is 1. The van der Waals surface area contributed by atoms with E-state index in [0.29, 0.717) is 12.4 Å². The Morgan fingerprint density at radius 3 is 2.91 bits per heavy atom. The Kier molecular flexibility index (Phi) is 3.81. The number of allylic oxidation sites excluding steroid dienone is 3. The molecule has 0 aromatic carbocycles. The minimum absolute atomic E-state index is 0.0621. The van der Waals surface area contributed by atoms with Gasteiger partial charge >= 0.3 is 6.18 Å². The molecule has 5 nitrogen and oxygen atoms in total. The first-order valence-electron chi connectivity index (χ1n) is 6.90. The molecule has 1 amide bonds. The quantitative estimate of drug-likeness (QED) is 0.883. The maximum Gasteiger partial charge on any atom is 0.413 e. The molecule has 2 aliphatic heterocycles. The minimum Gasteiger partial charge on any atom is -0.361 e. The zero-order chi connectivity index (χ0) is 16.4. The van der Waals surface area contributed by atoms with Crippen molar-refractivity contribution in [3.63, 3.8) is 0 Å². The van der Waals surface area contributed by atoms with Crippen LogP contribution in [-0.4, -0.2) is 23.7 Å². The third kappa shape index (κ3) is 3.05. The van der Waals surface area contributed by atoms with Crippen LogP contribution in [0.1, 0.15) is 11.6 Å². The molecule has 0 radical (unpaired) electrons. The molecule has 1 atom stereocenters. The number of aromatic nitrogens is 1. The molecular weight excluding hydrogens is 309 g/mol. The molecule has 23 heavy (non-hydrogen) atoms. The lowest BCUT2D eigenvalue weighted by Gasteiger charge is -2.21. The molecule has 0 saturated carbocycles. The van der Waals surface area contributed by atoms with Gasteiger partial charge in [0.2, 0.25) is 0 Å². The van der Waals surface area contributed by atoms with Crippen LogP contribution in [0.3, 0.4) is 0 Å². The SMILES string of the molecule is O=C(NC(c1ccc[nH+]c1)C(F)(F)F)C1=C2C=CC=CN2CN1. The second kappa shape index (κ2) is 5.79. The van der Waals surface area contributed by atoms with Crippen molar-refractivity contribution in [3.05, 3.63) is 65.9 Å². The van der Waals surface area contributed by atoms with Gasteiger partial charge in [0, 0.05) is 17.8 Å². The number of hydrogen-bond donors (Lipinski definition) is 2. The van der Waals surface area contributed by atoms with Gasteiger partial charge in [-0.3, -0.25) is 4.79 Å². The van der Waals surface area contributed by atoms with Gasteiger partial charge in [0.25, 0.3) is 5.91 Å². The van der Waals surface area contributed by atoms with Crippen LogP contribution in [-0.2, 0) is 4.79 Å². The van der Waals surface area contributed by atoms with E-state index in [-0.39, 0.29) is 11.3 Å². The van der Waals surface area contributed by atoms with E-state index in [9.17, 15) is 18.0 Å². The fourth-order valence-electron chi connectivity index (χ4n) is 2.44. The maximum absolute atomic E-state index is 13.3. The Balaban J connectivity index is 1.85. The Bertz CT molecular complexity index is 694. The van der Waals surface area contributed by atoms with Gasteiger partial charge in [-0.25, -0.2) is 4.98 Å². The van der Waals surface area contributed by atoms with Crippen LogP contribution in [0, 0.1) is 0 Å². The first-order chi connectivity index (χ1) is 11.0. The summed E-state index contributed by atoms with van der Waals surface area (Å²) in [5.74, 6) is -0.798. The van der Waals surface area contributed by atoms with Crippen LogP contribution in [0.25, 0.3) is 0 Å². The van der Waals surface area contributed by atoms with Crippen LogP contribution < -0.4 is 15.6 Å². The molecule has 8 heteroatoms. The van der Waals surface area contributed by atoms with Crippen molar-refractivity contribution < 1.29 is 22.9 Å². The highest BCUT2D eigenvalue weighted by molar-refractivity contribution is 5.95. The van der Waals surface area contributed by atoms with Crippen LogP contribution in [0.15, 0.2) is 60.3 Å². The molecular formula is C15H14F3N4O+. The summed E-state index contributed by atoms with van der Waals surface area (Å²) in [4.78, 5) is 16.6. The summed E-state index contributed by atoms with van der Waals surface area (Å²) in [6.07, 6.45) is 5.04. The molecule has 0 spiro atoms. The number of rotatable bonds is 3. The van der Waals surface area contributed by atoms with E-state index in [4.69, 9.17) is 0 Å². The zero-order valence-corrected chi connectivity index (χ0v) is 11.9. The summed E-state index contributed by atoms with van der Waals surface area (Å²) in [6.45, 7) is 0.342. The number of aromatic amines is 1. The van der Waals surface area contributed by atoms with E-state index in [1.807, 2.05) is 0 Å². The molecule has 3 heterocycles. The van der Waals surface area contributed by atoms with Crippen LogP contribution in [0.5, 0.6) is 0 Å². The lowest BCUT2D eigenvalue weighted by Crippen LogP contribution is -2.41. The average Bonchev–Trinajstić information content (AvgIpc) is 2.96. The molecule has 3 N–H and O–H groups in total. The van der Waals surface area contributed by atoms with Gasteiger partial charge in [0.1, 0.15) is 5.70 Å². The van der Waals surface area contributed by atoms with E-state index in [0.717, 1.165) is 0 Å². The summed E-state index contributed by atoms with van der Waals surface area (Å²) in [7, 11) is 0. The number of halogens is 3. The number of pyridine rings is 1. The van der Waals surface area contributed by atoms with Crippen molar-refractivity contribution in [2.75, 3.05) is 6.67 Å². The third-order valence-electron chi connectivity index (χ3n) is 3.52. The first kappa shape index (κ1) is 15.1. The highest BCUT2D eigenvalue weighted by Gasteiger charge is 2.43. The van der Waals surface area contributed by atoms with E-state index in [1.165, 1.54) is 24.5 Å². The fraction of sp³-hybridized carbons (Fsp3) is 0.200. The molecule has 0 aliphatic carbocycles. The van der Waals surface area contributed by atoms with Crippen molar-refractivity contribution in [2.24, 2.45) is 0 Å². The highest BCUT2D eigenvalue weighted by atomic mass is 19.4. The van der Waals surface area contributed by atoms with E-state index < -0.39 is 18.1 Å². The van der Waals surface area contributed by atoms with Crippen LogP contribution >= 0.6 is 0 Å². The number of H-pyrrole nitrogens is 1. The number of fused-ring (bicyclic) bond motifs is 1. The fourth-order valence-corrected chi connectivity index (χ4v) is 2.44. The Labute approximate surface area is 130 Å². The second-order valence-corrected chi connectivity index (χ2v) is 5.05. The summed E-state index contributed by atoms with van der Waals surface area (Å²) in [5.41, 5.74) is 0.609. The lowest BCUT2D eigenvalue weighted by atomic mass is 10.1. The molecule has 0 bridgehead atoms. The van der Waals surface area contributed by atoms with Gasteiger partial charge < -0.3 is 15.5 Å². The predicted octanol–water partition coefficient (Wildman–Crippen LogP) is 1.38. The minimum atomic E-state index is -4.60. The summed E-state index contributed by atoms with van der Waals surface area (Å²) >= 11 is 0. The molecule has 1 unspecified atom stereocenters. The molecule has 1 aromatic rings. The number of amides is 1. The Morgan fingerprint density at radius 2 is 2.22 bits per heavy atom. The predicted molar refractivity (Wildman–Crippen MR) is 75.1 cm³/mol. The Morgan fingerprint density at radius 1 is 1.39 bits per heavy atom. The van der Waals surface area contributed by atoms with Crippen molar-refractivity contribution in [1.29, 1.82) is 0 Å². The van der Waals surface area contributed by atoms with Gasteiger partial charge in [0.05, 0.1) is 12.4 Å². The van der Waals surface area contributed by atoms with Crippen molar-refractivity contribution >= 4 is 5.91 Å². The molecule has 0 fully saturated rings. The average molecular weight is 323 g/mol. The number of nitrogens with one attached hydrogen (secondary N) is 3. The van der Waals surface area contributed by atoms with E-state index in [1.54, 1.807) is 29.3 Å². The smallest absolute Gasteiger partial charge is 0.361 e. The highest BCUT2D eigenvalue weighted by Crippen LogP contribution is 2.32. The standard InChI is InChI=1S/C15H13F3N4O/c16-15(17,18)13(10-4-3-6-19-8-10)21-14(23)12-11-5-1-2-7-22(11)9-20-12/h1-8,13,20H,9H2,(H,21,23)/p+1. The number of alkyl halides is 3. The van der Waals surface area contributed by atoms with Crippen LogP contribution in [0.2, 0.25) is 0 Å². The molecule has 3 rings (SSSR count). The van der Waals surface area contributed by atoms with Gasteiger partial charge in [0.15, 0.2) is 18.4 Å². The zero-order valence-electron chi connectivity index (χ0n) is 11.9. The molecule has 1 aromatic heterocycles. The summed E-state index contributed by atoms with van der Waals surface area (Å²) in [5, 5.41) is 4.88. The van der Waals surface area contributed by atoms with Crippen molar-refractivity contribution in [2.45, 2.75) is 12.2 Å². The Hall–Kier alpha value is -2.77. The second-order valence-electron chi connectivity index (χ2n) is 5.05. The molecule has 2 aliphatic rings. The lowest BCUT2D eigenvalue weighted by molar-refractivity contribution is -0.379. The third-order valence-corrected chi connectivity index (χ3v) is 3.52. The molecule has 120 valence electrons. The molecule has 0 saturated heterocycles. The van der Waals surface area contributed by atoms with Gasteiger partial charge in [-0.15, -0.1) is 0 Å². The van der Waals surface area contributed by atoms with Crippen molar-refractivity contribution in [3.8, 4) is 0 Å². The van der Waals surface area contributed by atoms with Crippen LogP contribution in [0.4, 0.5) is 13.2 Å². The topological polar surface area (TPSA) is 58.5 Å². The van der Waals surface area contributed by atoms with E-state index in [2.05, 4.69) is 15.6 Å². The van der Waals surface area contributed by atoms with Gasteiger partial charge in [-0.05, 0) is 18.2 Å². The largest absolute Gasteiger partial charge is 0.413 e. The number of carbonyl (C=O) groups excluding carboxylic acids is 1. The normalized spacial score (nSPS) is 17.8.